The van der Waals surface area contributed by atoms with Crippen LogP contribution in [0.1, 0.15) is 10.4 Å². The Morgan fingerprint density at radius 3 is 2.41 bits per heavy atom. The normalized spacial score (nSPS) is 10.6. The molecule has 29 heavy (non-hydrogen) atoms. The van der Waals surface area contributed by atoms with E-state index in [1.165, 1.54) is 13.3 Å². The second-order valence-corrected chi connectivity index (χ2v) is 6.80. The van der Waals surface area contributed by atoms with Crippen LogP contribution in [0.25, 0.3) is 10.9 Å². The van der Waals surface area contributed by atoms with Crippen LogP contribution >= 0.6 is 23.2 Å². The molecule has 0 aliphatic carbocycles. The first-order chi connectivity index (χ1) is 13.9. The van der Waals surface area contributed by atoms with Crippen molar-refractivity contribution < 1.29 is 23.9 Å². The van der Waals surface area contributed by atoms with Gasteiger partial charge in [0.15, 0.2) is 6.61 Å². The van der Waals surface area contributed by atoms with Crippen molar-refractivity contribution in [1.29, 1.82) is 0 Å². The number of halogens is 2. The molecule has 1 heterocycles. The van der Waals surface area contributed by atoms with Crippen LogP contribution in [0.5, 0.6) is 0 Å². The SMILES string of the molecule is COC(=O)c1cn(CC(=O)OCC(=O)Nc2c(Cl)cccc2Cl)c2ccccc12. The van der Waals surface area contributed by atoms with Crippen molar-refractivity contribution in [3.63, 3.8) is 0 Å². The summed E-state index contributed by atoms with van der Waals surface area (Å²) < 4.78 is 11.4. The monoisotopic (exact) mass is 434 g/mol. The number of carbonyl (C=O) groups is 3. The number of hydrogen-bond acceptors (Lipinski definition) is 5. The third-order valence-electron chi connectivity index (χ3n) is 4.08. The van der Waals surface area contributed by atoms with Gasteiger partial charge in [0.05, 0.1) is 28.4 Å². The van der Waals surface area contributed by atoms with Gasteiger partial charge in [-0.25, -0.2) is 4.79 Å². The molecule has 0 bridgehead atoms. The lowest BCUT2D eigenvalue weighted by Gasteiger charge is -2.10. The Kier molecular flexibility index (Phi) is 6.41. The van der Waals surface area contributed by atoms with Gasteiger partial charge < -0.3 is 19.4 Å². The minimum Gasteiger partial charge on any atom is -0.465 e. The fourth-order valence-corrected chi connectivity index (χ4v) is 3.27. The fourth-order valence-electron chi connectivity index (χ4n) is 2.77. The quantitative estimate of drug-likeness (QED) is 0.594. The van der Waals surface area contributed by atoms with Gasteiger partial charge in [-0.15, -0.1) is 0 Å². The highest BCUT2D eigenvalue weighted by Gasteiger charge is 2.18. The van der Waals surface area contributed by atoms with Crippen LogP contribution < -0.4 is 5.32 Å². The molecule has 1 amide bonds. The maximum Gasteiger partial charge on any atom is 0.340 e. The molecular weight excluding hydrogens is 419 g/mol. The number of hydrogen-bond donors (Lipinski definition) is 1. The second kappa shape index (κ2) is 8.98. The molecule has 0 unspecified atom stereocenters. The van der Waals surface area contributed by atoms with Gasteiger partial charge in [-0.05, 0) is 18.2 Å². The van der Waals surface area contributed by atoms with E-state index in [4.69, 9.17) is 32.7 Å². The third kappa shape index (κ3) is 4.70. The predicted molar refractivity (Wildman–Crippen MR) is 109 cm³/mol. The van der Waals surface area contributed by atoms with E-state index in [0.29, 0.717) is 16.5 Å². The number of nitrogens with zero attached hydrogens (tertiary/aromatic N) is 1. The number of anilines is 1. The van der Waals surface area contributed by atoms with Crippen LogP contribution in [0.2, 0.25) is 10.0 Å². The highest BCUT2D eigenvalue weighted by molar-refractivity contribution is 6.39. The lowest BCUT2D eigenvalue weighted by molar-refractivity contribution is -0.147. The number of ether oxygens (including phenoxy) is 2. The number of para-hydroxylation sites is 2. The zero-order valence-corrected chi connectivity index (χ0v) is 16.8. The van der Waals surface area contributed by atoms with Crippen LogP contribution in [-0.2, 0) is 25.6 Å². The number of aromatic nitrogens is 1. The minimum absolute atomic E-state index is 0.183. The molecule has 0 radical (unpaired) electrons. The third-order valence-corrected chi connectivity index (χ3v) is 4.71. The van der Waals surface area contributed by atoms with E-state index < -0.39 is 24.5 Å². The topological polar surface area (TPSA) is 86.6 Å². The maximum atomic E-state index is 12.2. The molecule has 7 nitrogen and oxygen atoms in total. The van der Waals surface area contributed by atoms with E-state index in [9.17, 15) is 14.4 Å². The van der Waals surface area contributed by atoms with Gasteiger partial charge in [-0.2, -0.15) is 0 Å². The van der Waals surface area contributed by atoms with Gasteiger partial charge in [0.1, 0.15) is 6.54 Å². The van der Waals surface area contributed by atoms with Crippen molar-refractivity contribution in [3.8, 4) is 0 Å². The first-order valence-corrected chi connectivity index (χ1v) is 9.22. The molecule has 3 rings (SSSR count). The number of esters is 2. The predicted octanol–water partition coefficient (Wildman–Crippen LogP) is 3.92. The lowest BCUT2D eigenvalue weighted by Crippen LogP contribution is -2.23. The van der Waals surface area contributed by atoms with Gasteiger partial charge in [0.25, 0.3) is 5.91 Å². The molecule has 9 heteroatoms. The molecular formula is C20H16Cl2N2O5. The Bertz CT molecular complexity index is 1070. The molecule has 0 spiro atoms. The van der Waals surface area contributed by atoms with E-state index in [1.807, 2.05) is 0 Å². The van der Waals surface area contributed by atoms with E-state index in [0.717, 1.165) is 0 Å². The van der Waals surface area contributed by atoms with Gasteiger partial charge in [-0.3, -0.25) is 9.59 Å². The number of nitrogens with one attached hydrogen (secondary N) is 1. The summed E-state index contributed by atoms with van der Waals surface area (Å²) in [4.78, 5) is 36.2. The Morgan fingerprint density at radius 1 is 1.03 bits per heavy atom. The maximum absolute atomic E-state index is 12.2. The molecule has 0 aliphatic heterocycles. The number of rotatable bonds is 6. The molecule has 0 aliphatic rings. The summed E-state index contributed by atoms with van der Waals surface area (Å²) in [6.07, 6.45) is 1.52. The summed E-state index contributed by atoms with van der Waals surface area (Å²) >= 11 is 12.0. The number of fused-ring (bicyclic) bond motifs is 1. The fraction of sp³-hybridized carbons (Fsp3) is 0.150. The van der Waals surface area contributed by atoms with Gasteiger partial charge in [0.2, 0.25) is 0 Å². The van der Waals surface area contributed by atoms with Crippen molar-refractivity contribution in [2.75, 3.05) is 19.0 Å². The molecule has 0 saturated heterocycles. The van der Waals surface area contributed by atoms with Crippen molar-refractivity contribution in [3.05, 3.63) is 64.3 Å². The highest BCUT2D eigenvalue weighted by atomic mass is 35.5. The van der Waals surface area contributed by atoms with E-state index in [2.05, 4.69) is 5.32 Å². The van der Waals surface area contributed by atoms with Crippen molar-refractivity contribution >= 4 is 57.6 Å². The van der Waals surface area contributed by atoms with E-state index in [1.54, 1.807) is 47.0 Å². The van der Waals surface area contributed by atoms with Crippen LogP contribution in [0.4, 0.5) is 5.69 Å². The summed E-state index contributed by atoms with van der Waals surface area (Å²) in [5, 5.41) is 3.70. The smallest absolute Gasteiger partial charge is 0.340 e. The van der Waals surface area contributed by atoms with Crippen LogP contribution in [0.15, 0.2) is 48.7 Å². The first kappa shape index (κ1) is 20.7. The Hall–Kier alpha value is -3.03. The zero-order valence-electron chi connectivity index (χ0n) is 15.3. The molecule has 0 atom stereocenters. The summed E-state index contributed by atoms with van der Waals surface area (Å²) in [7, 11) is 1.28. The molecule has 0 fully saturated rings. The van der Waals surface area contributed by atoms with Crippen LogP contribution in [0.3, 0.4) is 0 Å². The van der Waals surface area contributed by atoms with Crippen molar-refractivity contribution in [2.45, 2.75) is 6.54 Å². The van der Waals surface area contributed by atoms with Crippen molar-refractivity contribution in [1.82, 2.24) is 4.57 Å². The van der Waals surface area contributed by atoms with Gasteiger partial charge >= 0.3 is 11.9 Å². The highest BCUT2D eigenvalue weighted by Crippen LogP contribution is 2.29. The van der Waals surface area contributed by atoms with Gasteiger partial charge in [0, 0.05) is 17.1 Å². The largest absolute Gasteiger partial charge is 0.465 e. The summed E-state index contributed by atoms with van der Waals surface area (Å²) in [6.45, 7) is -0.693. The Morgan fingerprint density at radius 2 is 1.72 bits per heavy atom. The average molecular weight is 435 g/mol. The zero-order chi connectivity index (χ0) is 21.0. The van der Waals surface area contributed by atoms with Crippen molar-refractivity contribution in [2.24, 2.45) is 0 Å². The molecule has 0 saturated carbocycles. The van der Waals surface area contributed by atoms with E-state index in [-0.39, 0.29) is 22.3 Å². The standard InChI is InChI=1S/C20H16Cl2N2O5/c1-28-20(27)13-9-24(16-8-3-2-5-12(13)16)10-18(26)29-11-17(25)23-19-14(21)6-4-7-15(19)22/h2-9H,10-11H2,1H3,(H,23,25). The number of carbonyl (C=O) groups excluding carboxylic acids is 3. The number of benzene rings is 2. The average Bonchev–Trinajstić information content (AvgIpc) is 3.07. The molecule has 1 aromatic heterocycles. The number of amides is 1. The van der Waals surface area contributed by atoms with Gasteiger partial charge in [-0.1, -0.05) is 47.5 Å². The molecule has 2 aromatic carbocycles. The summed E-state index contributed by atoms with van der Waals surface area (Å²) in [6, 6.07) is 11.9. The Balaban J connectivity index is 1.65. The second-order valence-electron chi connectivity index (χ2n) is 5.98. The first-order valence-electron chi connectivity index (χ1n) is 8.46. The molecule has 1 N–H and O–H groups in total. The summed E-state index contributed by atoms with van der Waals surface area (Å²) in [5.41, 5.74) is 1.25. The summed E-state index contributed by atoms with van der Waals surface area (Å²) in [5.74, 6) is -1.74. The van der Waals surface area contributed by atoms with Crippen LogP contribution in [-0.4, -0.2) is 36.1 Å². The molecule has 3 aromatic rings. The molecule has 150 valence electrons. The minimum atomic E-state index is -0.650. The number of methoxy groups -OCH3 is 1. The van der Waals surface area contributed by atoms with Crippen LogP contribution in [0, 0.1) is 0 Å². The lowest BCUT2D eigenvalue weighted by atomic mass is 10.2. The van der Waals surface area contributed by atoms with E-state index >= 15 is 0 Å². The Labute approximate surface area is 176 Å².